The van der Waals surface area contributed by atoms with Gasteiger partial charge in [-0.3, -0.25) is 9.78 Å². The van der Waals surface area contributed by atoms with Crippen LogP contribution in [-0.4, -0.2) is 43.0 Å². The Hall–Kier alpha value is -2.40. The third-order valence-electron chi connectivity index (χ3n) is 2.82. The summed E-state index contributed by atoms with van der Waals surface area (Å²) in [5.74, 6) is 0.560. The van der Waals surface area contributed by atoms with Crippen LogP contribution in [0.15, 0.2) is 48.7 Å². The predicted octanol–water partition coefficient (Wildman–Crippen LogP) is 2.27. The lowest BCUT2D eigenvalue weighted by atomic mass is 10.3. The molecule has 2 rings (SSSR count). The Morgan fingerprint density at radius 1 is 1.19 bits per heavy atom. The van der Waals surface area contributed by atoms with E-state index in [4.69, 9.17) is 4.74 Å². The Bertz CT molecular complexity index is 568. The second kappa shape index (κ2) is 7.40. The van der Waals surface area contributed by atoms with Crippen LogP contribution in [0.4, 0.5) is 5.69 Å². The van der Waals surface area contributed by atoms with Crippen molar-refractivity contribution >= 4 is 11.6 Å². The molecule has 0 saturated carbocycles. The topological polar surface area (TPSA) is 54.5 Å². The van der Waals surface area contributed by atoms with Crippen LogP contribution in [0.1, 0.15) is 10.5 Å². The third-order valence-corrected chi connectivity index (χ3v) is 2.82. The number of ether oxygens (including phenoxy) is 1. The van der Waals surface area contributed by atoms with Gasteiger partial charge >= 0.3 is 0 Å². The Morgan fingerprint density at radius 2 is 1.95 bits per heavy atom. The second-order valence-corrected chi connectivity index (χ2v) is 4.85. The zero-order chi connectivity index (χ0) is 15.1. The summed E-state index contributed by atoms with van der Waals surface area (Å²) in [7, 11) is 4.00. The minimum atomic E-state index is -0.225. The van der Waals surface area contributed by atoms with Crippen molar-refractivity contribution in [1.29, 1.82) is 0 Å². The Balaban J connectivity index is 1.89. The number of carbonyl (C=O) groups excluding carboxylic acids is 1. The molecule has 21 heavy (non-hydrogen) atoms. The van der Waals surface area contributed by atoms with Crippen molar-refractivity contribution in [2.75, 3.05) is 32.6 Å². The van der Waals surface area contributed by atoms with Crippen molar-refractivity contribution in [1.82, 2.24) is 9.88 Å². The smallest absolute Gasteiger partial charge is 0.274 e. The van der Waals surface area contributed by atoms with Crippen molar-refractivity contribution in [3.05, 3.63) is 54.4 Å². The molecule has 0 atom stereocenters. The summed E-state index contributed by atoms with van der Waals surface area (Å²) in [5, 5.41) is 2.79. The number of anilines is 1. The number of nitrogens with zero attached hydrogens (tertiary/aromatic N) is 2. The summed E-state index contributed by atoms with van der Waals surface area (Å²) in [5.41, 5.74) is 1.11. The van der Waals surface area contributed by atoms with Gasteiger partial charge in [0.05, 0.1) is 0 Å². The van der Waals surface area contributed by atoms with Gasteiger partial charge < -0.3 is 15.0 Å². The van der Waals surface area contributed by atoms with Gasteiger partial charge in [-0.25, -0.2) is 0 Å². The number of nitrogens with one attached hydrogen (secondary N) is 1. The molecule has 1 aromatic carbocycles. The molecule has 0 radical (unpaired) electrons. The molecular weight excluding hydrogens is 266 g/mol. The number of carbonyl (C=O) groups is 1. The van der Waals surface area contributed by atoms with E-state index in [-0.39, 0.29) is 5.91 Å². The third kappa shape index (κ3) is 4.89. The summed E-state index contributed by atoms with van der Waals surface area (Å²) >= 11 is 0. The molecule has 0 aliphatic carbocycles. The van der Waals surface area contributed by atoms with Gasteiger partial charge in [0, 0.05) is 18.4 Å². The standard InChI is InChI=1S/C16H19N3O2/c1-19(2)11-12-21-14-8-6-13(7-9-14)18-16(20)15-5-3-4-10-17-15/h3-10H,11-12H2,1-2H3,(H,18,20). The largest absolute Gasteiger partial charge is 0.492 e. The van der Waals surface area contributed by atoms with Crippen molar-refractivity contribution < 1.29 is 9.53 Å². The molecule has 2 aromatic rings. The SMILES string of the molecule is CN(C)CCOc1ccc(NC(=O)c2ccccn2)cc1. The maximum Gasteiger partial charge on any atom is 0.274 e. The molecule has 0 unspecified atom stereocenters. The van der Waals surface area contributed by atoms with Crippen LogP contribution in [0.25, 0.3) is 0 Å². The predicted molar refractivity (Wildman–Crippen MR) is 82.7 cm³/mol. The molecule has 0 saturated heterocycles. The lowest BCUT2D eigenvalue weighted by Gasteiger charge is -2.11. The first-order valence-corrected chi connectivity index (χ1v) is 6.75. The van der Waals surface area contributed by atoms with Crippen LogP contribution >= 0.6 is 0 Å². The first-order chi connectivity index (χ1) is 10.1. The highest BCUT2D eigenvalue weighted by atomic mass is 16.5. The minimum Gasteiger partial charge on any atom is -0.492 e. The molecule has 1 aromatic heterocycles. The Morgan fingerprint density at radius 3 is 2.57 bits per heavy atom. The second-order valence-electron chi connectivity index (χ2n) is 4.85. The number of hydrogen-bond donors (Lipinski definition) is 1. The van der Waals surface area contributed by atoms with E-state index in [1.165, 1.54) is 0 Å². The lowest BCUT2D eigenvalue weighted by molar-refractivity contribution is 0.102. The maximum atomic E-state index is 11.9. The van der Waals surface area contributed by atoms with Gasteiger partial charge in [-0.2, -0.15) is 0 Å². The first-order valence-electron chi connectivity index (χ1n) is 6.75. The molecule has 0 spiro atoms. The van der Waals surface area contributed by atoms with Gasteiger partial charge in [0.2, 0.25) is 0 Å². The highest BCUT2D eigenvalue weighted by Crippen LogP contribution is 2.16. The molecule has 0 fully saturated rings. The van der Waals surface area contributed by atoms with Crippen molar-refractivity contribution in [2.24, 2.45) is 0 Å². The number of aromatic nitrogens is 1. The van der Waals surface area contributed by atoms with E-state index < -0.39 is 0 Å². The average molecular weight is 285 g/mol. The normalized spacial score (nSPS) is 10.4. The Labute approximate surface area is 124 Å². The number of likely N-dealkylation sites (N-methyl/N-ethyl adjacent to an activating group) is 1. The molecule has 110 valence electrons. The molecule has 0 aliphatic rings. The molecule has 5 nitrogen and oxygen atoms in total. The van der Waals surface area contributed by atoms with E-state index in [0.29, 0.717) is 18.0 Å². The lowest BCUT2D eigenvalue weighted by Crippen LogP contribution is -2.19. The van der Waals surface area contributed by atoms with E-state index in [1.807, 2.05) is 38.4 Å². The quantitative estimate of drug-likeness (QED) is 0.884. The fourth-order valence-corrected chi connectivity index (χ4v) is 1.67. The van der Waals surface area contributed by atoms with Gasteiger partial charge in [-0.1, -0.05) is 6.07 Å². The van der Waals surface area contributed by atoms with Crippen LogP contribution in [-0.2, 0) is 0 Å². The van der Waals surface area contributed by atoms with E-state index in [1.54, 1.807) is 24.4 Å². The molecule has 5 heteroatoms. The Kier molecular flexibility index (Phi) is 5.29. The molecule has 1 N–H and O–H groups in total. The van der Waals surface area contributed by atoms with Crippen LogP contribution in [0.2, 0.25) is 0 Å². The monoisotopic (exact) mass is 285 g/mol. The van der Waals surface area contributed by atoms with Gasteiger partial charge in [0.15, 0.2) is 0 Å². The van der Waals surface area contributed by atoms with Gasteiger partial charge in [-0.15, -0.1) is 0 Å². The molecular formula is C16H19N3O2. The summed E-state index contributed by atoms with van der Waals surface area (Å²) in [6, 6.07) is 12.5. The number of benzene rings is 1. The van der Waals surface area contributed by atoms with E-state index in [0.717, 1.165) is 12.3 Å². The van der Waals surface area contributed by atoms with Crippen LogP contribution in [0.3, 0.4) is 0 Å². The number of hydrogen-bond acceptors (Lipinski definition) is 4. The van der Waals surface area contributed by atoms with Crippen LogP contribution in [0, 0.1) is 0 Å². The van der Waals surface area contributed by atoms with Gasteiger partial charge in [0.1, 0.15) is 18.1 Å². The zero-order valence-electron chi connectivity index (χ0n) is 12.2. The summed E-state index contributed by atoms with van der Waals surface area (Å²) in [4.78, 5) is 18.0. The first kappa shape index (κ1) is 15.0. The minimum absolute atomic E-state index is 0.225. The van der Waals surface area contributed by atoms with Crippen molar-refractivity contribution in [3.63, 3.8) is 0 Å². The van der Waals surface area contributed by atoms with Crippen LogP contribution in [0.5, 0.6) is 5.75 Å². The molecule has 0 bridgehead atoms. The number of pyridine rings is 1. The van der Waals surface area contributed by atoms with Crippen molar-refractivity contribution in [2.45, 2.75) is 0 Å². The summed E-state index contributed by atoms with van der Waals surface area (Å²) in [6.07, 6.45) is 1.59. The van der Waals surface area contributed by atoms with Crippen molar-refractivity contribution in [3.8, 4) is 5.75 Å². The highest BCUT2D eigenvalue weighted by molar-refractivity contribution is 6.02. The molecule has 1 heterocycles. The van der Waals surface area contributed by atoms with Gasteiger partial charge in [-0.05, 0) is 50.5 Å². The van der Waals surface area contributed by atoms with E-state index in [9.17, 15) is 4.79 Å². The van der Waals surface area contributed by atoms with Crippen LogP contribution < -0.4 is 10.1 Å². The molecule has 0 aliphatic heterocycles. The fraction of sp³-hybridized carbons (Fsp3) is 0.250. The fourth-order valence-electron chi connectivity index (χ4n) is 1.67. The summed E-state index contributed by atoms with van der Waals surface area (Å²) < 4.78 is 5.59. The number of rotatable bonds is 6. The number of amides is 1. The zero-order valence-corrected chi connectivity index (χ0v) is 12.2. The van der Waals surface area contributed by atoms with E-state index in [2.05, 4.69) is 15.2 Å². The highest BCUT2D eigenvalue weighted by Gasteiger charge is 2.06. The average Bonchev–Trinajstić information content (AvgIpc) is 2.49. The molecule has 1 amide bonds. The van der Waals surface area contributed by atoms with E-state index >= 15 is 0 Å². The summed E-state index contributed by atoms with van der Waals surface area (Å²) in [6.45, 7) is 1.49. The maximum absolute atomic E-state index is 11.9. The van der Waals surface area contributed by atoms with Gasteiger partial charge in [0.25, 0.3) is 5.91 Å².